The van der Waals surface area contributed by atoms with E-state index >= 15 is 0 Å². The molecule has 3 heterocycles. The van der Waals surface area contributed by atoms with Gasteiger partial charge in [-0.15, -0.1) is 0 Å². The highest BCUT2D eigenvalue weighted by Crippen LogP contribution is 2.40. The van der Waals surface area contributed by atoms with Crippen LogP contribution in [0.4, 0.5) is 0 Å². The number of para-hydroxylation sites is 2. The van der Waals surface area contributed by atoms with E-state index in [2.05, 4.69) is 14.8 Å². The minimum Gasteiger partial charge on any atom is -0.508 e. The van der Waals surface area contributed by atoms with Crippen molar-refractivity contribution in [3.05, 3.63) is 83.7 Å². The maximum atomic E-state index is 10.6. The molecule has 1 aliphatic heterocycles. The van der Waals surface area contributed by atoms with E-state index in [4.69, 9.17) is 8.83 Å². The Bertz CT molecular complexity index is 1150. The fourth-order valence-corrected chi connectivity index (χ4v) is 4.13. The molecule has 0 unspecified atom stereocenters. The zero-order valence-corrected chi connectivity index (χ0v) is 17.3. The standard InChI is InChI=1S/C24H23N3O5/c28-18-8-3-1-6-16(18)14-26-11-12-27(15-17-7-2-4-9-19(17)29)23(26)21-24(30)32-22(25-21)20-10-5-13-31-20/h1-10,13,23,28-30H,11-12,14-15H2. The summed E-state index contributed by atoms with van der Waals surface area (Å²) in [7, 11) is 0. The van der Waals surface area contributed by atoms with Crippen molar-refractivity contribution >= 4 is 0 Å². The number of aromatic nitrogens is 1. The summed E-state index contributed by atoms with van der Waals surface area (Å²) in [6, 6.07) is 17.8. The van der Waals surface area contributed by atoms with Gasteiger partial charge in [-0.25, -0.2) is 4.98 Å². The molecule has 2 aromatic carbocycles. The van der Waals surface area contributed by atoms with Crippen molar-refractivity contribution in [2.24, 2.45) is 0 Å². The number of furan rings is 1. The number of phenolic OH excluding ortho intramolecular Hbond substituents is 2. The van der Waals surface area contributed by atoms with Gasteiger partial charge in [0.25, 0.3) is 5.89 Å². The topological polar surface area (TPSA) is 106 Å². The van der Waals surface area contributed by atoms with Gasteiger partial charge in [0, 0.05) is 37.3 Å². The van der Waals surface area contributed by atoms with Crippen LogP contribution in [0, 0.1) is 0 Å². The summed E-state index contributed by atoms with van der Waals surface area (Å²) in [5.74, 6) is 0.758. The first kappa shape index (κ1) is 20.2. The summed E-state index contributed by atoms with van der Waals surface area (Å²) in [5, 5.41) is 31.2. The Morgan fingerprint density at radius 1 is 0.812 bits per heavy atom. The molecule has 5 rings (SSSR count). The predicted molar refractivity (Wildman–Crippen MR) is 116 cm³/mol. The Labute approximate surface area is 184 Å². The first-order valence-electron chi connectivity index (χ1n) is 10.4. The van der Waals surface area contributed by atoms with Crippen LogP contribution in [0.15, 0.2) is 75.8 Å². The van der Waals surface area contributed by atoms with E-state index in [1.54, 1.807) is 36.4 Å². The molecule has 164 valence electrons. The lowest BCUT2D eigenvalue weighted by atomic mass is 10.1. The molecular formula is C24H23N3O5. The van der Waals surface area contributed by atoms with Crippen LogP contribution in [0.25, 0.3) is 11.7 Å². The van der Waals surface area contributed by atoms with Gasteiger partial charge in [0.05, 0.1) is 6.26 Å². The van der Waals surface area contributed by atoms with Crippen molar-refractivity contribution in [3.63, 3.8) is 0 Å². The number of hydrogen-bond donors (Lipinski definition) is 3. The second-order valence-corrected chi connectivity index (χ2v) is 7.76. The van der Waals surface area contributed by atoms with Gasteiger partial charge >= 0.3 is 5.95 Å². The van der Waals surface area contributed by atoms with Crippen LogP contribution in [0.2, 0.25) is 0 Å². The third-order valence-corrected chi connectivity index (χ3v) is 5.71. The first-order chi connectivity index (χ1) is 15.6. The first-order valence-corrected chi connectivity index (χ1v) is 10.4. The maximum absolute atomic E-state index is 10.6. The molecule has 0 atom stereocenters. The van der Waals surface area contributed by atoms with Gasteiger partial charge in [-0.2, -0.15) is 0 Å². The summed E-state index contributed by atoms with van der Waals surface area (Å²) >= 11 is 0. The van der Waals surface area contributed by atoms with E-state index in [0.29, 0.717) is 37.6 Å². The summed E-state index contributed by atoms with van der Waals surface area (Å²) < 4.78 is 10.9. The van der Waals surface area contributed by atoms with Crippen molar-refractivity contribution < 1.29 is 24.2 Å². The second kappa shape index (κ2) is 8.41. The normalized spacial score (nSPS) is 15.5. The summed E-state index contributed by atoms with van der Waals surface area (Å²) in [6.07, 6.45) is 1.09. The van der Waals surface area contributed by atoms with Crippen molar-refractivity contribution in [3.8, 4) is 29.1 Å². The third-order valence-electron chi connectivity index (χ3n) is 5.71. The van der Waals surface area contributed by atoms with Crippen molar-refractivity contribution in [2.45, 2.75) is 19.3 Å². The quantitative estimate of drug-likeness (QED) is 0.418. The average Bonchev–Trinajstić information content (AvgIpc) is 3.52. The van der Waals surface area contributed by atoms with Crippen LogP contribution >= 0.6 is 0 Å². The number of rotatable bonds is 6. The Morgan fingerprint density at radius 3 is 1.94 bits per heavy atom. The monoisotopic (exact) mass is 433 g/mol. The lowest BCUT2D eigenvalue weighted by Crippen LogP contribution is -2.31. The number of hydrogen-bond acceptors (Lipinski definition) is 8. The minimum absolute atomic E-state index is 0.194. The highest BCUT2D eigenvalue weighted by molar-refractivity contribution is 5.46. The maximum Gasteiger partial charge on any atom is 0.309 e. The summed E-state index contributed by atoms with van der Waals surface area (Å²) in [5.41, 5.74) is 1.91. The Hall–Kier alpha value is -3.75. The van der Waals surface area contributed by atoms with Gasteiger partial charge in [-0.3, -0.25) is 9.80 Å². The van der Waals surface area contributed by atoms with Gasteiger partial charge in [-0.1, -0.05) is 36.4 Å². The molecule has 0 bridgehead atoms. The third kappa shape index (κ3) is 3.81. The molecule has 1 saturated heterocycles. The Kier molecular flexibility index (Phi) is 5.30. The van der Waals surface area contributed by atoms with Crippen LogP contribution in [0.5, 0.6) is 17.4 Å². The summed E-state index contributed by atoms with van der Waals surface area (Å²) in [4.78, 5) is 8.76. The van der Waals surface area contributed by atoms with Gasteiger partial charge < -0.3 is 24.2 Å². The van der Waals surface area contributed by atoms with E-state index in [0.717, 1.165) is 11.1 Å². The van der Waals surface area contributed by atoms with Crippen LogP contribution in [-0.4, -0.2) is 43.2 Å². The van der Waals surface area contributed by atoms with Crippen molar-refractivity contribution in [1.82, 2.24) is 14.8 Å². The highest BCUT2D eigenvalue weighted by Gasteiger charge is 2.38. The van der Waals surface area contributed by atoms with Crippen molar-refractivity contribution in [2.75, 3.05) is 13.1 Å². The smallest absolute Gasteiger partial charge is 0.309 e. The van der Waals surface area contributed by atoms with Gasteiger partial charge in [0.15, 0.2) is 11.5 Å². The molecule has 0 amide bonds. The lowest BCUT2D eigenvalue weighted by Gasteiger charge is -2.29. The number of oxazole rings is 1. The van der Waals surface area contributed by atoms with Crippen LogP contribution in [0.1, 0.15) is 23.0 Å². The SMILES string of the molecule is Oc1ccccc1CN1CCN(Cc2ccccc2O)C1c1nc(-c2ccco2)oc1O. The average molecular weight is 433 g/mol. The molecule has 4 aromatic rings. The number of nitrogens with zero attached hydrogens (tertiary/aromatic N) is 3. The molecule has 0 radical (unpaired) electrons. The highest BCUT2D eigenvalue weighted by atomic mass is 16.5. The van der Waals surface area contributed by atoms with E-state index in [9.17, 15) is 15.3 Å². The molecule has 1 aliphatic rings. The number of phenols is 2. The second-order valence-electron chi connectivity index (χ2n) is 7.76. The van der Waals surface area contributed by atoms with E-state index in [1.165, 1.54) is 6.26 Å². The van der Waals surface area contributed by atoms with E-state index in [-0.39, 0.29) is 23.3 Å². The van der Waals surface area contributed by atoms with Gasteiger partial charge in [0.2, 0.25) is 0 Å². The predicted octanol–water partition coefficient (Wildman–Crippen LogP) is 4.07. The molecule has 0 saturated carbocycles. The van der Waals surface area contributed by atoms with E-state index < -0.39 is 6.17 Å². The largest absolute Gasteiger partial charge is 0.508 e. The number of aromatic hydroxyl groups is 3. The summed E-state index contributed by atoms with van der Waals surface area (Å²) in [6.45, 7) is 2.26. The van der Waals surface area contributed by atoms with Crippen LogP contribution in [-0.2, 0) is 13.1 Å². The molecule has 32 heavy (non-hydrogen) atoms. The molecular weight excluding hydrogens is 410 g/mol. The fourth-order valence-electron chi connectivity index (χ4n) is 4.13. The molecule has 0 aliphatic carbocycles. The molecule has 8 heteroatoms. The lowest BCUT2D eigenvalue weighted by molar-refractivity contribution is 0.115. The molecule has 1 fully saturated rings. The van der Waals surface area contributed by atoms with Crippen LogP contribution in [0.3, 0.4) is 0 Å². The molecule has 0 spiro atoms. The van der Waals surface area contributed by atoms with Crippen LogP contribution < -0.4 is 0 Å². The Balaban J connectivity index is 1.50. The fraction of sp³-hybridized carbons (Fsp3) is 0.208. The van der Waals surface area contributed by atoms with Gasteiger partial charge in [0.1, 0.15) is 17.7 Å². The molecule has 8 nitrogen and oxygen atoms in total. The van der Waals surface area contributed by atoms with Crippen molar-refractivity contribution in [1.29, 1.82) is 0 Å². The minimum atomic E-state index is -0.429. The number of benzene rings is 2. The zero-order chi connectivity index (χ0) is 22.1. The zero-order valence-electron chi connectivity index (χ0n) is 17.3. The van der Waals surface area contributed by atoms with Gasteiger partial charge in [-0.05, 0) is 24.3 Å². The van der Waals surface area contributed by atoms with E-state index in [1.807, 2.05) is 24.3 Å². The Morgan fingerprint density at radius 2 is 1.41 bits per heavy atom. The molecule has 2 aromatic heterocycles. The molecule has 3 N–H and O–H groups in total.